The van der Waals surface area contributed by atoms with E-state index < -0.39 is 12.6 Å². The third-order valence-electron chi connectivity index (χ3n) is 7.22. The van der Waals surface area contributed by atoms with E-state index >= 15 is 0 Å². The van der Waals surface area contributed by atoms with Gasteiger partial charge in [-0.3, -0.25) is 10.2 Å². The van der Waals surface area contributed by atoms with Gasteiger partial charge in [0, 0.05) is 47.9 Å². The van der Waals surface area contributed by atoms with E-state index in [2.05, 4.69) is 11.0 Å². The summed E-state index contributed by atoms with van der Waals surface area (Å²) in [7, 11) is 0. The Bertz CT molecular complexity index is 1220. The van der Waals surface area contributed by atoms with Gasteiger partial charge in [0.2, 0.25) is 0 Å². The largest absolute Gasteiger partial charge is 0.479 e. The van der Waals surface area contributed by atoms with Crippen LogP contribution in [-0.4, -0.2) is 58.8 Å². The Morgan fingerprint density at radius 1 is 1.17 bits per heavy atom. The highest BCUT2D eigenvalue weighted by Crippen LogP contribution is 2.42. The van der Waals surface area contributed by atoms with Crippen LogP contribution in [0.3, 0.4) is 0 Å². The lowest BCUT2D eigenvalue weighted by molar-refractivity contribution is -0.139. The molecule has 1 saturated carbocycles. The number of carbonyl (C=O) groups is 2. The van der Waals surface area contributed by atoms with Crippen molar-refractivity contribution in [1.29, 1.82) is 5.41 Å². The smallest absolute Gasteiger partial charge is 0.341 e. The Balaban J connectivity index is 1.44. The number of ketones is 1. The van der Waals surface area contributed by atoms with E-state index in [1.165, 1.54) is 0 Å². The number of nitrogens with one attached hydrogen (secondary N) is 1. The minimum Gasteiger partial charge on any atom is -0.479 e. The second-order valence-electron chi connectivity index (χ2n) is 11.1. The van der Waals surface area contributed by atoms with Crippen molar-refractivity contribution < 1.29 is 19.4 Å². The molecule has 1 aliphatic carbocycles. The van der Waals surface area contributed by atoms with Crippen molar-refractivity contribution in [3.63, 3.8) is 0 Å². The molecular formula is C28H34N4O4. The molecule has 5 rings (SSSR count). The third kappa shape index (κ3) is 4.81. The Morgan fingerprint density at radius 3 is 2.53 bits per heavy atom. The van der Waals surface area contributed by atoms with Gasteiger partial charge < -0.3 is 19.6 Å². The Hall–Kier alpha value is -3.42. The standard InChI is InChI=1S/C28H34N4O4/c1-28(2,3)20-12-19(13-22(31-10-4-5-11-31)26(20)36-16-24(34)35)23(33)15-32-14-18-8-9-21(17-6-7-17)30-25(18)27(32)29/h8-9,12-13,17,29H,4-7,10-11,14-16H2,1-3H3,(H,34,35). The van der Waals surface area contributed by atoms with Gasteiger partial charge in [0.15, 0.2) is 12.4 Å². The molecule has 0 bridgehead atoms. The topological polar surface area (TPSA) is 107 Å². The zero-order valence-corrected chi connectivity index (χ0v) is 21.3. The van der Waals surface area contributed by atoms with E-state index in [1.54, 1.807) is 4.90 Å². The first-order chi connectivity index (χ1) is 17.1. The molecule has 8 nitrogen and oxygen atoms in total. The molecule has 36 heavy (non-hydrogen) atoms. The fourth-order valence-corrected chi connectivity index (χ4v) is 5.09. The minimum absolute atomic E-state index is 0.0781. The summed E-state index contributed by atoms with van der Waals surface area (Å²) < 4.78 is 5.83. The van der Waals surface area contributed by atoms with Gasteiger partial charge in [-0.15, -0.1) is 0 Å². The normalized spacial score (nSPS) is 17.5. The van der Waals surface area contributed by atoms with Crippen LogP contribution in [0.2, 0.25) is 0 Å². The lowest BCUT2D eigenvalue weighted by Gasteiger charge is -2.29. The fourth-order valence-electron chi connectivity index (χ4n) is 5.09. The van der Waals surface area contributed by atoms with Crippen LogP contribution in [-0.2, 0) is 16.8 Å². The molecule has 0 atom stereocenters. The summed E-state index contributed by atoms with van der Waals surface area (Å²) in [4.78, 5) is 33.6. The van der Waals surface area contributed by atoms with Gasteiger partial charge in [-0.1, -0.05) is 26.8 Å². The average Bonchev–Trinajstić information content (AvgIpc) is 3.45. The first-order valence-electron chi connectivity index (χ1n) is 12.8. The van der Waals surface area contributed by atoms with E-state index in [-0.39, 0.29) is 17.7 Å². The summed E-state index contributed by atoms with van der Waals surface area (Å²) in [6.45, 7) is 7.94. The molecular weight excluding hydrogens is 456 g/mol. The molecule has 0 amide bonds. The van der Waals surface area contributed by atoms with Crippen LogP contribution in [0.5, 0.6) is 5.75 Å². The van der Waals surface area contributed by atoms with Crippen molar-refractivity contribution in [2.75, 3.05) is 31.1 Å². The van der Waals surface area contributed by atoms with E-state index in [1.807, 2.05) is 39.0 Å². The van der Waals surface area contributed by atoms with Crippen LogP contribution in [0, 0.1) is 5.41 Å². The lowest BCUT2D eigenvalue weighted by Crippen LogP contribution is -2.31. The van der Waals surface area contributed by atoms with Crippen LogP contribution in [0.1, 0.15) is 85.2 Å². The zero-order valence-electron chi connectivity index (χ0n) is 21.3. The number of hydrogen-bond donors (Lipinski definition) is 2. The Kier molecular flexibility index (Phi) is 6.22. The number of ether oxygens (including phenoxy) is 1. The lowest BCUT2D eigenvalue weighted by atomic mass is 9.84. The van der Waals surface area contributed by atoms with Crippen molar-refractivity contribution in [3.05, 3.63) is 52.3 Å². The predicted molar refractivity (Wildman–Crippen MR) is 138 cm³/mol. The van der Waals surface area contributed by atoms with Gasteiger partial charge in [0.25, 0.3) is 0 Å². The predicted octanol–water partition coefficient (Wildman–Crippen LogP) is 4.34. The molecule has 1 aromatic carbocycles. The number of aromatic nitrogens is 1. The van der Waals surface area contributed by atoms with E-state index in [0.29, 0.717) is 35.3 Å². The highest BCUT2D eigenvalue weighted by Gasteiger charge is 2.33. The number of fused-ring (bicyclic) bond motifs is 1. The average molecular weight is 491 g/mol. The Labute approximate surface area is 211 Å². The van der Waals surface area contributed by atoms with Gasteiger partial charge in [-0.05, 0) is 49.3 Å². The summed E-state index contributed by atoms with van der Waals surface area (Å²) in [5, 5.41) is 17.9. The summed E-state index contributed by atoms with van der Waals surface area (Å²) in [5.74, 6) is 0.249. The monoisotopic (exact) mass is 490 g/mol. The first-order valence-corrected chi connectivity index (χ1v) is 12.8. The molecule has 190 valence electrons. The van der Waals surface area contributed by atoms with Crippen molar-refractivity contribution in [1.82, 2.24) is 9.88 Å². The number of carboxylic acid groups (broad SMARTS) is 1. The van der Waals surface area contributed by atoms with Gasteiger partial charge in [0.05, 0.1) is 12.2 Å². The van der Waals surface area contributed by atoms with Crippen molar-refractivity contribution in [2.24, 2.45) is 0 Å². The molecule has 0 unspecified atom stereocenters. The summed E-state index contributed by atoms with van der Waals surface area (Å²) in [5.41, 5.74) is 4.51. The van der Waals surface area contributed by atoms with E-state index in [9.17, 15) is 14.7 Å². The summed E-state index contributed by atoms with van der Waals surface area (Å²) >= 11 is 0. The zero-order chi connectivity index (χ0) is 25.6. The van der Waals surface area contributed by atoms with Crippen molar-refractivity contribution in [2.45, 2.75) is 64.3 Å². The number of carbonyl (C=O) groups excluding carboxylic acids is 1. The molecule has 0 radical (unpaired) electrons. The van der Waals surface area contributed by atoms with Gasteiger partial charge in [0.1, 0.15) is 17.3 Å². The first kappa shape index (κ1) is 24.3. The van der Waals surface area contributed by atoms with Gasteiger partial charge in [-0.2, -0.15) is 0 Å². The minimum atomic E-state index is -1.03. The molecule has 2 aliphatic heterocycles. The molecule has 8 heteroatoms. The maximum atomic E-state index is 13.6. The highest BCUT2D eigenvalue weighted by atomic mass is 16.5. The van der Waals surface area contributed by atoms with Crippen LogP contribution in [0.4, 0.5) is 5.69 Å². The number of pyridine rings is 1. The number of carboxylic acids is 1. The van der Waals surface area contributed by atoms with Gasteiger partial charge >= 0.3 is 5.97 Å². The number of Topliss-reactive ketones (excluding diaryl/α,β-unsaturated/α-hetero) is 1. The van der Waals surface area contributed by atoms with Crippen LogP contribution in [0.25, 0.3) is 0 Å². The number of anilines is 1. The number of nitrogens with zero attached hydrogens (tertiary/aromatic N) is 3. The molecule has 2 aromatic rings. The Morgan fingerprint density at radius 2 is 1.89 bits per heavy atom. The molecule has 3 heterocycles. The number of aliphatic carboxylic acids is 1. The molecule has 2 fully saturated rings. The van der Waals surface area contributed by atoms with Crippen molar-refractivity contribution in [3.8, 4) is 5.75 Å². The second kappa shape index (κ2) is 9.22. The van der Waals surface area contributed by atoms with Crippen LogP contribution < -0.4 is 9.64 Å². The number of benzene rings is 1. The third-order valence-corrected chi connectivity index (χ3v) is 7.22. The maximum absolute atomic E-state index is 13.6. The summed E-state index contributed by atoms with van der Waals surface area (Å²) in [6, 6.07) is 7.79. The molecule has 1 saturated heterocycles. The summed E-state index contributed by atoms with van der Waals surface area (Å²) in [6.07, 6.45) is 4.40. The van der Waals surface area contributed by atoms with E-state index in [0.717, 1.165) is 61.3 Å². The molecule has 1 aromatic heterocycles. The SMILES string of the molecule is CC(C)(C)c1cc(C(=O)CN2Cc3ccc(C4CC4)nc3C2=N)cc(N2CCCC2)c1OCC(=O)O. The van der Waals surface area contributed by atoms with E-state index in [4.69, 9.17) is 15.1 Å². The molecule has 3 aliphatic rings. The highest BCUT2D eigenvalue weighted by molar-refractivity contribution is 6.05. The van der Waals surface area contributed by atoms with Crippen molar-refractivity contribution >= 4 is 23.3 Å². The maximum Gasteiger partial charge on any atom is 0.341 e. The fraction of sp³-hybridized carbons (Fsp3) is 0.500. The number of amidine groups is 1. The molecule has 2 N–H and O–H groups in total. The number of hydrogen-bond acceptors (Lipinski definition) is 6. The van der Waals surface area contributed by atoms with Crippen LogP contribution >= 0.6 is 0 Å². The number of rotatable bonds is 8. The van der Waals surface area contributed by atoms with Gasteiger partial charge in [-0.25, -0.2) is 9.78 Å². The second-order valence-corrected chi connectivity index (χ2v) is 11.1. The van der Waals surface area contributed by atoms with Crippen LogP contribution in [0.15, 0.2) is 24.3 Å². The molecule has 0 spiro atoms. The quantitative estimate of drug-likeness (QED) is 0.530.